The molecule has 0 saturated heterocycles. The summed E-state index contributed by atoms with van der Waals surface area (Å²) in [5.41, 5.74) is 1.93. The van der Waals surface area contributed by atoms with Crippen LogP contribution in [-0.4, -0.2) is 19.7 Å². The molecule has 2 heterocycles. The average molecular weight is 499 g/mol. The van der Waals surface area contributed by atoms with E-state index in [9.17, 15) is 14.9 Å². The number of non-ortho nitro benzene ring substituents is 1. The van der Waals surface area contributed by atoms with E-state index in [-0.39, 0.29) is 11.4 Å². The van der Waals surface area contributed by atoms with Crippen LogP contribution in [0.4, 0.5) is 17.1 Å². The lowest BCUT2D eigenvalue weighted by molar-refractivity contribution is -0.384. The number of azo groups is 1. The summed E-state index contributed by atoms with van der Waals surface area (Å²) in [7, 11) is 0. The third-order valence-corrected chi connectivity index (χ3v) is 5.98. The first kappa shape index (κ1) is 22.9. The molecular weight excluding hydrogens is 480 g/mol. The Morgan fingerprint density at radius 1 is 1.00 bits per heavy atom. The third kappa shape index (κ3) is 4.81. The summed E-state index contributed by atoms with van der Waals surface area (Å²) in [6, 6.07) is 22.6. The van der Waals surface area contributed by atoms with Crippen LogP contribution in [0.15, 0.2) is 99.3 Å². The number of rotatable bonds is 7. The van der Waals surface area contributed by atoms with Crippen molar-refractivity contribution in [3.63, 3.8) is 0 Å². The van der Waals surface area contributed by atoms with E-state index in [0.29, 0.717) is 33.5 Å². The van der Waals surface area contributed by atoms with E-state index in [2.05, 4.69) is 20.3 Å². The number of nitrogens with one attached hydrogen (secondary N) is 1. The maximum Gasteiger partial charge on any atom is 0.301 e. The van der Waals surface area contributed by atoms with E-state index in [1.54, 1.807) is 48.7 Å². The topological polar surface area (TPSA) is 128 Å². The molecule has 0 saturated carbocycles. The molecule has 0 aliphatic carbocycles. The summed E-state index contributed by atoms with van der Waals surface area (Å²) >= 11 is 1.23. The van der Waals surface area contributed by atoms with Gasteiger partial charge in [0.1, 0.15) is 11.5 Å². The van der Waals surface area contributed by atoms with Gasteiger partial charge in [0.25, 0.3) is 5.69 Å². The van der Waals surface area contributed by atoms with Gasteiger partial charge in [0, 0.05) is 23.1 Å². The standard InChI is InChI=1S/C25H18N6O4S/c1-16-23(28-27-18-10-12-21(13-11-18)35-20-8-3-2-4-9-20)24(32)30(29-16)25-26-22(15-36-25)17-6-5-7-19(14-17)31(33)34/h2-15,29H,1H3. The second-order valence-electron chi connectivity index (χ2n) is 7.66. The van der Waals surface area contributed by atoms with Crippen LogP contribution in [0.5, 0.6) is 11.5 Å². The fourth-order valence-corrected chi connectivity index (χ4v) is 4.17. The Hall–Kier alpha value is -4.90. The third-order valence-electron chi connectivity index (χ3n) is 5.16. The molecule has 0 unspecified atom stereocenters. The Labute approximate surface area is 208 Å². The maximum absolute atomic E-state index is 13.0. The van der Waals surface area contributed by atoms with Crippen LogP contribution in [0, 0.1) is 17.0 Å². The fraction of sp³-hybridized carbons (Fsp3) is 0.0400. The first-order chi connectivity index (χ1) is 17.5. The maximum atomic E-state index is 13.0. The largest absolute Gasteiger partial charge is 0.457 e. The van der Waals surface area contributed by atoms with E-state index in [1.807, 2.05) is 30.3 Å². The SMILES string of the molecule is Cc1[nH]n(-c2nc(-c3cccc([N+](=O)[O-])c3)cs2)c(=O)c1N=Nc1ccc(Oc2ccccc2)cc1. The van der Waals surface area contributed by atoms with Crippen LogP contribution in [0.2, 0.25) is 0 Å². The average Bonchev–Trinajstić information content (AvgIpc) is 3.49. The predicted molar refractivity (Wildman–Crippen MR) is 136 cm³/mol. The molecule has 0 amide bonds. The number of nitro benzene ring substituents is 1. The molecule has 3 aromatic carbocycles. The summed E-state index contributed by atoms with van der Waals surface area (Å²) in [6.45, 7) is 1.72. The molecule has 36 heavy (non-hydrogen) atoms. The highest BCUT2D eigenvalue weighted by atomic mass is 32.1. The summed E-state index contributed by atoms with van der Waals surface area (Å²) in [6.07, 6.45) is 0. The van der Waals surface area contributed by atoms with Gasteiger partial charge in [0.2, 0.25) is 5.13 Å². The summed E-state index contributed by atoms with van der Waals surface area (Å²) < 4.78 is 7.05. The Kier molecular flexibility index (Phi) is 6.20. The first-order valence-electron chi connectivity index (χ1n) is 10.7. The minimum absolute atomic E-state index is 0.0303. The number of nitrogens with zero attached hydrogens (tertiary/aromatic N) is 5. The van der Waals surface area contributed by atoms with Crippen molar-refractivity contribution < 1.29 is 9.66 Å². The molecule has 5 rings (SSSR count). The number of benzene rings is 3. The van der Waals surface area contributed by atoms with E-state index >= 15 is 0 Å². The van der Waals surface area contributed by atoms with Gasteiger partial charge < -0.3 is 4.74 Å². The van der Waals surface area contributed by atoms with Crippen molar-refractivity contribution in [3.8, 4) is 27.9 Å². The van der Waals surface area contributed by atoms with Crippen molar-refractivity contribution in [1.82, 2.24) is 14.8 Å². The van der Waals surface area contributed by atoms with Gasteiger partial charge in [-0.2, -0.15) is 9.80 Å². The Balaban J connectivity index is 1.35. The Bertz CT molecular complexity index is 1620. The molecule has 5 aromatic rings. The molecule has 0 aliphatic rings. The van der Waals surface area contributed by atoms with Gasteiger partial charge in [-0.3, -0.25) is 20.0 Å². The van der Waals surface area contributed by atoms with Crippen molar-refractivity contribution in [3.05, 3.63) is 110 Å². The van der Waals surface area contributed by atoms with Crippen molar-refractivity contribution >= 4 is 28.4 Å². The smallest absolute Gasteiger partial charge is 0.301 e. The highest BCUT2D eigenvalue weighted by Gasteiger charge is 2.16. The lowest BCUT2D eigenvalue weighted by atomic mass is 10.1. The monoisotopic (exact) mass is 498 g/mol. The molecule has 0 spiro atoms. The Morgan fingerprint density at radius 3 is 2.50 bits per heavy atom. The van der Waals surface area contributed by atoms with Crippen molar-refractivity contribution in [1.29, 1.82) is 0 Å². The van der Waals surface area contributed by atoms with E-state index < -0.39 is 10.5 Å². The van der Waals surface area contributed by atoms with E-state index in [1.165, 1.54) is 28.2 Å². The molecule has 0 bridgehead atoms. The summed E-state index contributed by atoms with van der Waals surface area (Å²) in [5, 5.41) is 24.5. The van der Waals surface area contributed by atoms with Gasteiger partial charge >= 0.3 is 5.56 Å². The molecule has 1 N–H and O–H groups in total. The number of para-hydroxylation sites is 1. The number of nitro groups is 1. The molecule has 0 aliphatic heterocycles. The zero-order valence-electron chi connectivity index (χ0n) is 18.9. The number of ether oxygens (including phenoxy) is 1. The Morgan fingerprint density at radius 2 is 1.75 bits per heavy atom. The van der Waals surface area contributed by atoms with Crippen LogP contribution in [0.3, 0.4) is 0 Å². The number of thiazole rings is 1. The van der Waals surface area contributed by atoms with Gasteiger partial charge in [-0.15, -0.1) is 16.5 Å². The van der Waals surface area contributed by atoms with Gasteiger partial charge in [-0.1, -0.05) is 30.3 Å². The number of hydrogen-bond donors (Lipinski definition) is 1. The summed E-state index contributed by atoms with van der Waals surface area (Å²) in [4.78, 5) is 28.1. The molecule has 11 heteroatoms. The number of aromatic amines is 1. The number of hydrogen-bond acceptors (Lipinski definition) is 8. The zero-order valence-corrected chi connectivity index (χ0v) is 19.7. The molecule has 10 nitrogen and oxygen atoms in total. The van der Waals surface area contributed by atoms with Crippen molar-refractivity contribution in [2.24, 2.45) is 10.2 Å². The molecule has 2 aromatic heterocycles. The highest BCUT2D eigenvalue weighted by Crippen LogP contribution is 2.28. The summed E-state index contributed by atoms with van der Waals surface area (Å²) in [5.74, 6) is 1.38. The van der Waals surface area contributed by atoms with E-state index in [0.717, 1.165) is 5.75 Å². The van der Waals surface area contributed by atoms with Crippen molar-refractivity contribution in [2.45, 2.75) is 6.92 Å². The van der Waals surface area contributed by atoms with Crippen LogP contribution in [0.1, 0.15) is 5.69 Å². The quantitative estimate of drug-likeness (QED) is 0.151. The number of H-pyrrole nitrogens is 1. The van der Waals surface area contributed by atoms with E-state index in [4.69, 9.17) is 4.74 Å². The highest BCUT2D eigenvalue weighted by molar-refractivity contribution is 7.12. The number of aryl methyl sites for hydroxylation is 1. The van der Waals surface area contributed by atoms with Crippen LogP contribution in [0.25, 0.3) is 16.4 Å². The first-order valence-corrected chi connectivity index (χ1v) is 11.6. The molecule has 0 fully saturated rings. The number of aromatic nitrogens is 3. The second-order valence-corrected chi connectivity index (χ2v) is 8.49. The second kappa shape index (κ2) is 9.76. The lowest BCUT2D eigenvalue weighted by Gasteiger charge is -2.04. The van der Waals surface area contributed by atoms with Crippen LogP contribution in [-0.2, 0) is 0 Å². The van der Waals surface area contributed by atoms with Crippen molar-refractivity contribution in [2.75, 3.05) is 0 Å². The molecule has 0 atom stereocenters. The fourth-order valence-electron chi connectivity index (χ4n) is 3.38. The van der Waals surface area contributed by atoms with Crippen LogP contribution >= 0.6 is 11.3 Å². The van der Waals surface area contributed by atoms with Crippen LogP contribution < -0.4 is 10.3 Å². The minimum Gasteiger partial charge on any atom is -0.457 e. The van der Waals surface area contributed by atoms with Gasteiger partial charge in [0.15, 0.2) is 5.69 Å². The normalized spacial score (nSPS) is 11.1. The van der Waals surface area contributed by atoms with Gasteiger partial charge in [-0.25, -0.2) is 4.98 Å². The molecule has 178 valence electrons. The minimum atomic E-state index is -0.462. The predicted octanol–water partition coefficient (Wildman–Crippen LogP) is 6.71. The van der Waals surface area contributed by atoms with Gasteiger partial charge in [-0.05, 0) is 43.3 Å². The molecule has 0 radical (unpaired) electrons. The lowest BCUT2D eigenvalue weighted by Crippen LogP contribution is -2.13. The zero-order chi connectivity index (χ0) is 25.1. The molecular formula is C25H18N6O4S. The van der Waals surface area contributed by atoms with Gasteiger partial charge in [0.05, 0.1) is 22.0 Å².